The van der Waals surface area contributed by atoms with E-state index in [1.165, 1.54) is 6.07 Å². The van der Waals surface area contributed by atoms with Crippen LogP contribution in [0.15, 0.2) is 35.2 Å². The van der Waals surface area contributed by atoms with E-state index in [-0.39, 0.29) is 5.56 Å². The highest BCUT2D eigenvalue weighted by Gasteiger charge is 2.24. The van der Waals surface area contributed by atoms with Crippen molar-refractivity contribution in [2.45, 2.75) is 0 Å². The Labute approximate surface area is 141 Å². The minimum atomic E-state index is -0.763. The van der Waals surface area contributed by atoms with Gasteiger partial charge < -0.3 is 15.5 Å². The highest BCUT2D eigenvalue weighted by Crippen LogP contribution is 2.29. The molecule has 120 valence electrons. The first-order valence-electron chi connectivity index (χ1n) is 7.11. The molecule has 1 aliphatic heterocycles. The average molecular weight is 380 g/mol. The van der Waals surface area contributed by atoms with E-state index in [9.17, 15) is 9.18 Å². The molecule has 1 aromatic carbocycles. The summed E-state index contributed by atoms with van der Waals surface area (Å²) in [6, 6.07) is 2.97. The SMILES string of the molecule is NC(=O)c1c(F)cc(Br)cc1N1CCN(c2cnccn2)CC1. The molecule has 1 aromatic heterocycles. The summed E-state index contributed by atoms with van der Waals surface area (Å²) in [5.74, 6) is -0.567. The third-order valence-electron chi connectivity index (χ3n) is 3.77. The minimum absolute atomic E-state index is 0.0684. The van der Waals surface area contributed by atoms with Crippen LogP contribution in [0.1, 0.15) is 10.4 Å². The number of hydrogen-bond donors (Lipinski definition) is 1. The Balaban J connectivity index is 1.82. The van der Waals surface area contributed by atoms with Crippen LogP contribution in [0.2, 0.25) is 0 Å². The number of nitrogens with two attached hydrogens (primary N) is 1. The number of halogens is 2. The Hall–Kier alpha value is -2.22. The molecule has 2 heterocycles. The first-order valence-corrected chi connectivity index (χ1v) is 7.90. The third-order valence-corrected chi connectivity index (χ3v) is 4.23. The molecule has 1 aliphatic rings. The number of piperazine rings is 1. The lowest BCUT2D eigenvalue weighted by Crippen LogP contribution is -2.47. The van der Waals surface area contributed by atoms with Gasteiger partial charge in [-0.25, -0.2) is 9.37 Å². The van der Waals surface area contributed by atoms with Crippen molar-refractivity contribution < 1.29 is 9.18 Å². The molecular formula is C15H15BrFN5O. The predicted octanol–water partition coefficient (Wildman–Crippen LogP) is 1.80. The van der Waals surface area contributed by atoms with Crippen LogP contribution < -0.4 is 15.5 Å². The van der Waals surface area contributed by atoms with Gasteiger partial charge >= 0.3 is 0 Å². The van der Waals surface area contributed by atoms with E-state index < -0.39 is 11.7 Å². The molecular weight excluding hydrogens is 365 g/mol. The van der Waals surface area contributed by atoms with Gasteiger partial charge in [-0.05, 0) is 12.1 Å². The van der Waals surface area contributed by atoms with Gasteiger partial charge in [0.25, 0.3) is 5.91 Å². The van der Waals surface area contributed by atoms with Crippen LogP contribution in [-0.2, 0) is 0 Å². The molecule has 1 saturated heterocycles. The lowest BCUT2D eigenvalue weighted by atomic mass is 10.1. The van der Waals surface area contributed by atoms with Crippen molar-refractivity contribution in [2.24, 2.45) is 5.73 Å². The molecule has 3 rings (SSSR count). The van der Waals surface area contributed by atoms with Crippen LogP contribution in [0, 0.1) is 5.82 Å². The summed E-state index contributed by atoms with van der Waals surface area (Å²) >= 11 is 3.26. The third kappa shape index (κ3) is 3.26. The summed E-state index contributed by atoms with van der Waals surface area (Å²) in [6.45, 7) is 2.66. The van der Waals surface area contributed by atoms with Gasteiger partial charge in [-0.2, -0.15) is 0 Å². The first kappa shape index (κ1) is 15.7. The van der Waals surface area contributed by atoms with Gasteiger partial charge in [-0.3, -0.25) is 9.78 Å². The standard InChI is InChI=1S/C15H15BrFN5O/c16-10-7-11(17)14(15(18)23)12(8-10)21-3-5-22(6-4-21)13-9-19-1-2-20-13/h1-2,7-9H,3-6H2,(H2,18,23). The zero-order valence-electron chi connectivity index (χ0n) is 12.2. The van der Waals surface area contributed by atoms with Crippen LogP contribution in [0.5, 0.6) is 0 Å². The Bertz CT molecular complexity index is 719. The molecule has 1 amide bonds. The summed E-state index contributed by atoms with van der Waals surface area (Å²) in [6.07, 6.45) is 4.99. The fourth-order valence-corrected chi connectivity index (χ4v) is 3.10. The Kier molecular flexibility index (Phi) is 4.42. The van der Waals surface area contributed by atoms with Crippen LogP contribution in [0.3, 0.4) is 0 Å². The maximum absolute atomic E-state index is 14.1. The fourth-order valence-electron chi connectivity index (χ4n) is 2.68. The Morgan fingerprint density at radius 2 is 1.87 bits per heavy atom. The molecule has 23 heavy (non-hydrogen) atoms. The summed E-state index contributed by atoms with van der Waals surface area (Å²) in [5.41, 5.74) is 5.79. The van der Waals surface area contributed by atoms with Gasteiger partial charge in [0.05, 0.1) is 17.4 Å². The molecule has 0 saturated carbocycles. The average Bonchev–Trinajstić information content (AvgIpc) is 2.54. The number of anilines is 2. The van der Waals surface area contributed by atoms with Crippen molar-refractivity contribution in [2.75, 3.05) is 36.0 Å². The number of benzene rings is 1. The molecule has 0 radical (unpaired) electrons. The van der Waals surface area contributed by atoms with Gasteiger partial charge in [0.15, 0.2) is 0 Å². The largest absolute Gasteiger partial charge is 0.367 e. The second-order valence-electron chi connectivity index (χ2n) is 5.18. The Morgan fingerprint density at radius 3 is 2.48 bits per heavy atom. The Morgan fingerprint density at radius 1 is 1.17 bits per heavy atom. The second-order valence-corrected chi connectivity index (χ2v) is 6.10. The van der Waals surface area contributed by atoms with Gasteiger partial charge in [-0.1, -0.05) is 15.9 Å². The number of carbonyl (C=O) groups excluding carboxylic acids is 1. The number of hydrogen-bond acceptors (Lipinski definition) is 5. The maximum Gasteiger partial charge on any atom is 0.253 e. The van der Waals surface area contributed by atoms with Crippen molar-refractivity contribution in [3.8, 4) is 0 Å². The number of aromatic nitrogens is 2. The lowest BCUT2D eigenvalue weighted by molar-refractivity contribution is 0.0997. The summed E-state index contributed by atoms with van der Waals surface area (Å²) < 4.78 is 14.6. The van der Waals surface area contributed by atoms with E-state index in [0.29, 0.717) is 36.3 Å². The van der Waals surface area contributed by atoms with Crippen molar-refractivity contribution >= 4 is 33.3 Å². The highest BCUT2D eigenvalue weighted by molar-refractivity contribution is 9.10. The highest BCUT2D eigenvalue weighted by atomic mass is 79.9. The molecule has 1 fully saturated rings. The normalized spacial score (nSPS) is 14.9. The van der Waals surface area contributed by atoms with Gasteiger partial charge in [0.2, 0.25) is 0 Å². The van der Waals surface area contributed by atoms with Crippen molar-refractivity contribution in [3.05, 3.63) is 46.6 Å². The van der Waals surface area contributed by atoms with E-state index in [4.69, 9.17) is 5.73 Å². The summed E-state index contributed by atoms with van der Waals surface area (Å²) in [5, 5.41) is 0. The maximum atomic E-state index is 14.1. The molecule has 6 nitrogen and oxygen atoms in total. The van der Waals surface area contributed by atoms with Crippen molar-refractivity contribution in [3.63, 3.8) is 0 Å². The molecule has 8 heteroatoms. The predicted molar refractivity (Wildman–Crippen MR) is 89.1 cm³/mol. The molecule has 2 aromatic rings. The van der Waals surface area contributed by atoms with E-state index in [1.54, 1.807) is 24.7 Å². The van der Waals surface area contributed by atoms with Gasteiger partial charge in [0.1, 0.15) is 11.6 Å². The van der Waals surface area contributed by atoms with Crippen molar-refractivity contribution in [1.29, 1.82) is 0 Å². The minimum Gasteiger partial charge on any atom is -0.367 e. The molecule has 0 bridgehead atoms. The smallest absolute Gasteiger partial charge is 0.253 e. The first-order chi connectivity index (χ1) is 11.1. The van der Waals surface area contributed by atoms with Crippen LogP contribution in [0.4, 0.5) is 15.9 Å². The summed E-state index contributed by atoms with van der Waals surface area (Å²) in [7, 11) is 0. The topological polar surface area (TPSA) is 75.4 Å². The molecule has 0 unspecified atom stereocenters. The zero-order valence-corrected chi connectivity index (χ0v) is 13.8. The fraction of sp³-hybridized carbons (Fsp3) is 0.267. The zero-order chi connectivity index (χ0) is 16.4. The monoisotopic (exact) mass is 379 g/mol. The second kappa shape index (κ2) is 6.49. The molecule has 2 N–H and O–H groups in total. The number of nitrogens with zero attached hydrogens (tertiary/aromatic N) is 4. The van der Waals surface area contributed by atoms with Crippen LogP contribution >= 0.6 is 15.9 Å². The van der Waals surface area contributed by atoms with E-state index >= 15 is 0 Å². The number of rotatable bonds is 3. The van der Waals surface area contributed by atoms with Crippen LogP contribution in [-0.4, -0.2) is 42.1 Å². The van der Waals surface area contributed by atoms with E-state index in [2.05, 4.69) is 30.8 Å². The van der Waals surface area contributed by atoms with Crippen LogP contribution in [0.25, 0.3) is 0 Å². The van der Waals surface area contributed by atoms with Crippen molar-refractivity contribution in [1.82, 2.24) is 9.97 Å². The lowest BCUT2D eigenvalue weighted by Gasteiger charge is -2.37. The molecule has 0 spiro atoms. The molecule has 0 atom stereocenters. The van der Waals surface area contributed by atoms with E-state index in [1.807, 2.05) is 4.90 Å². The summed E-state index contributed by atoms with van der Waals surface area (Å²) in [4.78, 5) is 24.0. The van der Waals surface area contributed by atoms with E-state index in [0.717, 1.165) is 5.82 Å². The quantitative estimate of drug-likeness (QED) is 0.879. The number of carbonyl (C=O) groups is 1. The van der Waals surface area contributed by atoms with Gasteiger partial charge in [-0.15, -0.1) is 0 Å². The molecule has 0 aliphatic carbocycles. The number of primary amides is 1. The number of amides is 1. The van der Waals surface area contributed by atoms with Gasteiger partial charge in [0, 0.05) is 43.0 Å².